The van der Waals surface area contributed by atoms with Crippen LogP contribution < -0.4 is 4.74 Å². The molecule has 1 atom stereocenters. The number of halogens is 2. The summed E-state index contributed by atoms with van der Waals surface area (Å²) < 4.78 is 21.7. The van der Waals surface area contributed by atoms with E-state index in [-0.39, 0.29) is 35.3 Å². The van der Waals surface area contributed by atoms with Crippen molar-refractivity contribution in [2.45, 2.75) is 65.1 Å². The Labute approximate surface area is 239 Å². The minimum atomic E-state index is -0.711. The van der Waals surface area contributed by atoms with Crippen LogP contribution in [0.25, 0.3) is 0 Å². The largest absolute Gasteiger partial charge is 0.494 e. The quantitative estimate of drug-likeness (QED) is 0.221. The second kappa shape index (κ2) is 13.4. The molecule has 0 aliphatic heterocycles. The van der Waals surface area contributed by atoms with E-state index < -0.39 is 11.8 Å². The van der Waals surface area contributed by atoms with Crippen molar-refractivity contribution in [2.75, 3.05) is 13.2 Å². The minimum Gasteiger partial charge on any atom is -0.494 e. The molecule has 7 nitrogen and oxygen atoms in total. The van der Waals surface area contributed by atoms with Crippen LogP contribution in [0.2, 0.25) is 5.02 Å². The molecule has 216 valence electrons. The molecular weight excluding hydrogens is 535 g/mol. The number of carboxylic acid groups (broad SMARTS) is 1. The number of aromatic nitrogens is 1. The van der Waals surface area contributed by atoms with Gasteiger partial charge in [0.15, 0.2) is 11.8 Å². The zero-order valence-electron chi connectivity index (χ0n) is 23.0. The van der Waals surface area contributed by atoms with Gasteiger partial charge in [-0.15, -0.1) is 0 Å². The van der Waals surface area contributed by atoms with E-state index in [2.05, 4.69) is 24.8 Å². The Morgan fingerprint density at radius 1 is 1.10 bits per heavy atom. The highest BCUT2D eigenvalue weighted by Gasteiger charge is 2.29. The van der Waals surface area contributed by atoms with Crippen molar-refractivity contribution in [2.24, 2.45) is 11.8 Å². The molecule has 9 heteroatoms. The maximum Gasteiger partial charge on any atom is 0.306 e. The Kier molecular flexibility index (Phi) is 9.98. The van der Waals surface area contributed by atoms with Gasteiger partial charge in [-0.05, 0) is 79.8 Å². The summed E-state index contributed by atoms with van der Waals surface area (Å²) in [4.78, 5) is 13.8. The number of carboxylic acids is 1. The number of nitrogens with zero attached hydrogens (tertiary/aromatic N) is 2. The topological polar surface area (TPSA) is 95.2 Å². The van der Waals surface area contributed by atoms with Gasteiger partial charge in [-0.3, -0.25) is 14.3 Å². The Balaban J connectivity index is 1.48. The molecule has 3 aromatic rings. The average Bonchev–Trinajstić information content (AvgIpc) is 3.27. The summed E-state index contributed by atoms with van der Waals surface area (Å²) in [6.45, 7) is 6.14. The van der Waals surface area contributed by atoms with Crippen molar-refractivity contribution in [1.29, 1.82) is 0 Å². The highest BCUT2D eigenvalue weighted by Crippen LogP contribution is 2.34. The van der Waals surface area contributed by atoms with Crippen LogP contribution in [0.3, 0.4) is 0 Å². The third-order valence-electron chi connectivity index (χ3n) is 8.06. The molecule has 2 aromatic carbocycles. The second-order valence-corrected chi connectivity index (χ2v) is 11.1. The second-order valence-electron chi connectivity index (χ2n) is 10.7. The Hall–Kier alpha value is -3.23. The molecule has 0 radical (unpaired) electrons. The van der Waals surface area contributed by atoms with Crippen LogP contribution in [0, 0.1) is 17.7 Å². The van der Waals surface area contributed by atoms with E-state index in [0.717, 1.165) is 48.2 Å². The van der Waals surface area contributed by atoms with E-state index in [1.807, 2.05) is 18.2 Å². The average molecular weight is 573 g/mol. The molecule has 0 saturated heterocycles. The van der Waals surface area contributed by atoms with E-state index >= 15 is 0 Å². The molecule has 1 aromatic heterocycles. The maximum atomic E-state index is 14.3. The van der Waals surface area contributed by atoms with Crippen LogP contribution in [0.4, 0.5) is 4.39 Å². The number of hydrogen-bond donors (Lipinski definition) is 3. The van der Waals surface area contributed by atoms with Gasteiger partial charge in [0, 0.05) is 31.3 Å². The summed E-state index contributed by atoms with van der Waals surface area (Å²) in [5.41, 5.74) is 2.99. The van der Waals surface area contributed by atoms with Gasteiger partial charge in [0.2, 0.25) is 0 Å². The van der Waals surface area contributed by atoms with E-state index in [1.165, 1.54) is 22.8 Å². The first-order valence-electron chi connectivity index (χ1n) is 13.9. The van der Waals surface area contributed by atoms with Crippen LogP contribution in [-0.4, -0.2) is 43.9 Å². The van der Waals surface area contributed by atoms with Gasteiger partial charge in [0.25, 0.3) is 0 Å². The highest BCUT2D eigenvalue weighted by atomic mass is 35.5. The number of aryl methyl sites for hydroxylation is 1. The predicted molar refractivity (Wildman–Crippen MR) is 152 cm³/mol. The molecule has 1 heterocycles. The van der Waals surface area contributed by atoms with E-state index in [0.29, 0.717) is 31.8 Å². The molecular formula is C31H38ClFN2O5. The lowest BCUT2D eigenvalue weighted by Gasteiger charge is -2.35. The number of benzene rings is 2. The summed E-state index contributed by atoms with van der Waals surface area (Å²) in [7, 11) is 0. The number of aromatic hydroxyl groups is 2. The Bertz CT molecular complexity index is 1290. The predicted octanol–water partition coefficient (Wildman–Crippen LogP) is 6.79. The SMILES string of the molecule is CCc1cc(CN(CC2CCC(C(=O)O)CC2)[C@H](C)c2ccc(Cl)c(F)c2)ccc1OCCn1c(O)ccc1O. The number of carbonyl (C=O) groups is 1. The molecule has 40 heavy (non-hydrogen) atoms. The van der Waals surface area contributed by atoms with Crippen molar-refractivity contribution < 1.29 is 29.2 Å². The van der Waals surface area contributed by atoms with Crippen LogP contribution in [0.5, 0.6) is 17.5 Å². The van der Waals surface area contributed by atoms with Crippen LogP contribution in [0.1, 0.15) is 62.3 Å². The molecule has 1 aliphatic carbocycles. The summed E-state index contributed by atoms with van der Waals surface area (Å²) >= 11 is 5.94. The third kappa shape index (κ3) is 7.29. The van der Waals surface area contributed by atoms with Gasteiger partial charge in [0.05, 0.1) is 17.5 Å². The summed E-state index contributed by atoms with van der Waals surface area (Å²) in [5.74, 6) is -0.330. The maximum absolute atomic E-state index is 14.3. The number of aliphatic carboxylic acids is 1. The van der Waals surface area contributed by atoms with Crippen molar-refractivity contribution in [3.8, 4) is 17.5 Å². The fourth-order valence-corrected chi connectivity index (χ4v) is 5.69. The van der Waals surface area contributed by atoms with Crippen molar-refractivity contribution in [1.82, 2.24) is 9.47 Å². The van der Waals surface area contributed by atoms with E-state index in [4.69, 9.17) is 16.3 Å². The van der Waals surface area contributed by atoms with Crippen molar-refractivity contribution in [3.05, 3.63) is 76.1 Å². The van der Waals surface area contributed by atoms with Crippen LogP contribution >= 0.6 is 11.6 Å². The fourth-order valence-electron chi connectivity index (χ4n) is 5.57. The molecule has 0 unspecified atom stereocenters. The zero-order chi connectivity index (χ0) is 28.8. The molecule has 0 spiro atoms. The number of rotatable bonds is 12. The van der Waals surface area contributed by atoms with Crippen LogP contribution in [0.15, 0.2) is 48.5 Å². The zero-order valence-corrected chi connectivity index (χ0v) is 23.8. The summed E-state index contributed by atoms with van der Waals surface area (Å²) in [6, 6.07) is 13.8. The van der Waals surface area contributed by atoms with Crippen molar-refractivity contribution >= 4 is 17.6 Å². The molecule has 0 amide bonds. The Morgan fingerprint density at radius 2 is 1.80 bits per heavy atom. The number of ether oxygens (including phenoxy) is 1. The molecule has 0 bridgehead atoms. The van der Waals surface area contributed by atoms with Gasteiger partial charge in [-0.1, -0.05) is 36.7 Å². The normalized spacial score (nSPS) is 18.1. The lowest BCUT2D eigenvalue weighted by Crippen LogP contribution is -2.34. The van der Waals surface area contributed by atoms with Gasteiger partial charge < -0.3 is 20.1 Å². The molecule has 1 saturated carbocycles. The van der Waals surface area contributed by atoms with E-state index in [1.54, 1.807) is 6.07 Å². The minimum absolute atomic E-state index is 0.0154. The first kappa shape index (κ1) is 29.7. The van der Waals surface area contributed by atoms with Crippen molar-refractivity contribution in [3.63, 3.8) is 0 Å². The molecule has 1 fully saturated rings. The van der Waals surface area contributed by atoms with Gasteiger partial charge in [-0.2, -0.15) is 0 Å². The lowest BCUT2D eigenvalue weighted by molar-refractivity contribution is -0.143. The highest BCUT2D eigenvalue weighted by molar-refractivity contribution is 6.30. The Morgan fingerprint density at radius 3 is 2.42 bits per heavy atom. The first-order valence-corrected chi connectivity index (χ1v) is 14.3. The standard InChI is InChI=1S/C31H38ClFN2O5/c1-3-23-16-22(6-11-28(23)40-15-14-35-29(36)12-13-30(35)37)19-34(18-21-4-7-24(8-5-21)31(38)39)20(2)25-9-10-26(32)27(33)17-25/h6,9-13,16-17,20-21,24,36-37H,3-5,7-8,14-15,18-19H2,1-2H3,(H,38,39)/t20-,21?,24?/m1/s1. The van der Waals surface area contributed by atoms with Gasteiger partial charge in [-0.25, -0.2) is 4.39 Å². The summed E-state index contributed by atoms with van der Waals surface area (Å²) in [5, 5.41) is 29.2. The van der Waals surface area contributed by atoms with Crippen LogP contribution in [-0.2, 0) is 24.3 Å². The monoisotopic (exact) mass is 572 g/mol. The molecule has 3 N–H and O–H groups in total. The number of hydrogen-bond acceptors (Lipinski definition) is 5. The van der Waals surface area contributed by atoms with Gasteiger partial charge in [0.1, 0.15) is 18.2 Å². The molecule has 1 aliphatic rings. The first-order chi connectivity index (χ1) is 19.2. The van der Waals surface area contributed by atoms with E-state index in [9.17, 15) is 24.5 Å². The lowest BCUT2D eigenvalue weighted by atomic mass is 9.81. The smallest absolute Gasteiger partial charge is 0.306 e. The van der Waals surface area contributed by atoms with Gasteiger partial charge >= 0.3 is 5.97 Å². The third-order valence-corrected chi connectivity index (χ3v) is 8.37. The summed E-state index contributed by atoms with van der Waals surface area (Å²) in [6.07, 6.45) is 3.84. The molecule has 4 rings (SSSR count). The fraction of sp³-hybridized carbons (Fsp3) is 0.452.